The van der Waals surface area contributed by atoms with E-state index >= 15 is 0 Å². The van der Waals surface area contributed by atoms with E-state index in [2.05, 4.69) is 15.2 Å². The second-order valence-electron chi connectivity index (χ2n) is 6.49. The molecule has 1 N–H and O–H groups in total. The second kappa shape index (κ2) is 8.25. The quantitative estimate of drug-likeness (QED) is 0.854. The van der Waals surface area contributed by atoms with Crippen LogP contribution in [0.5, 0.6) is 0 Å². The number of ether oxygens (including phenoxy) is 1. The van der Waals surface area contributed by atoms with E-state index < -0.39 is 0 Å². The molecule has 1 aliphatic heterocycles. The Kier molecular flexibility index (Phi) is 6.01. The number of carbonyl (C=O) groups is 1. The van der Waals surface area contributed by atoms with Crippen molar-refractivity contribution >= 4 is 34.9 Å². The fraction of sp³-hybridized carbons (Fsp3) is 0.368. The number of nitrogens with one attached hydrogen (secondary N) is 1. The van der Waals surface area contributed by atoms with Gasteiger partial charge < -0.3 is 15.0 Å². The third-order valence-electron chi connectivity index (χ3n) is 4.21. The van der Waals surface area contributed by atoms with Crippen molar-refractivity contribution in [2.75, 3.05) is 18.0 Å². The third kappa shape index (κ3) is 4.67. The van der Waals surface area contributed by atoms with E-state index in [4.69, 9.17) is 27.9 Å². The minimum atomic E-state index is -0.196. The molecular weight excluding hydrogens is 373 g/mol. The molecule has 2 unspecified atom stereocenters. The van der Waals surface area contributed by atoms with Crippen molar-refractivity contribution in [2.24, 2.45) is 0 Å². The molecule has 2 heterocycles. The highest BCUT2D eigenvalue weighted by Gasteiger charge is 2.23. The molecule has 2 aromatic rings. The molecule has 0 spiro atoms. The third-order valence-corrected chi connectivity index (χ3v) is 4.80. The van der Waals surface area contributed by atoms with Crippen molar-refractivity contribution in [1.29, 1.82) is 0 Å². The van der Waals surface area contributed by atoms with Crippen molar-refractivity contribution in [3.05, 3.63) is 57.7 Å². The number of halogens is 2. The Balaban J connectivity index is 1.61. The predicted octanol–water partition coefficient (Wildman–Crippen LogP) is 3.93. The lowest BCUT2D eigenvalue weighted by Crippen LogP contribution is -2.45. The molecule has 0 radical (unpaired) electrons. The fourth-order valence-electron chi connectivity index (χ4n) is 3.01. The summed E-state index contributed by atoms with van der Waals surface area (Å²) in [4.78, 5) is 19.0. The number of rotatable bonds is 4. The molecule has 2 atom stereocenters. The molecule has 0 bridgehead atoms. The number of morpholine rings is 1. The summed E-state index contributed by atoms with van der Waals surface area (Å²) in [5, 5.41) is 3.94. The highest BCUT2D eigenvalue weighted by atomic mass is 35.5. The van der Waals surface area contributed by atoms with E-state index in [0.717, 1.165) is 24.5 Å². The first kappa shape index (κ1) is 19.0. The van der Waals surface area contributed by atoms with Crippen LogP contribution in [-0.2, 0) is 11.3 Å². The van der Waals surface area contributed by atoms with Gasteiger partial charge in [-0.2, -0.15) is 0 Å². The zero-order valence-electron chi connectivity index (χ0n) is 14.7. The smallest absolute Gasteiger partial charge is 0.253 e. The average Bonchev–Trinajstić information content (AvgIpc) is 2.60. The molecule has 1 saturated heterocycles. The van der Waals surface area contributed by atoms with Gasteiger partial charge in [-0.25, -0.2) is 4.98 Å². The Labute approximate surface area is 163 Å². The van der Waals surface area contributed by atoms with E-state index in [-0.39, 0.29) is 18.1 Å². The van der Waals surface area contributed by atoms with Crippen LogP contribution in [0.25, 0.3) is 0 Å². The molecule has 1 aliphatic rings. The summed E-state index contributed by atoms with van der Waals surface area (Å²) in [6.07, 6.45) is 1.92. The normalized spacial score (nSPS) is 20.1. The molecule has 1 fully saturated rings. The summed E-state index contributed by atoms with van der Waals surface area (Å²) in [6.45, 7) is 6.00. The summed E-state index contributed by atoms with van der Waals surface area (Å²) in [5.41, 5.74) is 1.32. The van der Waals surface area contributed by atoms with Crippen LogP contribution in [0.3, 0.4) is 0 Å². The molecule has 0 saturated carbocycles. The van der Waals surface area contributed by atoms with Gasteiger partial charge in [0.25, 0.3) is 5.91 Å². The Bertz CT molecular complexity index is 773. The van der Waals surface area contributed by atoms with Crippen molar-refractivity contribution < 1.29 is 9.53 Å². The molecule has 26 heavy (non-hydrogen) atoms. The van der Waals surface area contributed by atoms with Crippen LogP contribution < -0.4 is 10.2 Å². The number of carbonyl (C=O) groups excluding carboxylic acids is 1. The number of hydrogen-bond acceptors (Lipinski definition) is 4. The van der Waals surface area contributed by atoms with E-state index in [1.165, 1.54) is 0 Å². The number of aromatic nitrogens is 1. The standard InChI is InChI=1S/C19H21Cl2N3O2/c1-12-10-24(11-13(2)26-12)18-6-4-15(9-22-18)19(25)23-8-14-3-5-16(20)7-17(14)21/h3-7,9,12-13H,8,10-11H2,1-2H3,(H,23,25). The molecule has 1 aromatic heterocycles. The van der Waals surface area contributed by atoms with Gasteiger partial charge in [0, 0.05) is 35.9 Å². The van der Waals surface area contributed by atoms with Gasteiger partial charge in [0.1, 0.15) is 5.82 Å². The van der Waals surface area contributed by atoms with Crippen molar-refractivity contribution in [2.45, 2.75) is 32.6 Å². The SMILES string of the molecule is CC1CN(c2ccc(C(=O)NCc3ccc(Cl)cc3Cl)cn2)CC(C)O1. The van der Waals surface area contributed by atoms with Crippen LogP contribution in [0, 0.1) is 0 Å². The monoisotopic (exact) mass is 393 g/mol. The van der Waals surface area contributed by atoms with Gasteiger partial charge >= 0.3 is 0 Å². The predicted molar refractivity (Wildman–Crippen MR) is 104 cm³/mol. The Morgan fingerprint density at radius 3 is 2.58 bits per heavy atom. The van der Waals surface area contributed by atoms with E-state index in [9.17, 15) is 4.79 Å². The molecule has 3 rings (SSSR count). The summed E-state index contributed by atoms with van der Waals surface area (Å²) in [5.74, 6) is 0.656. The van der Waals surface area contributed by atoms with Crippen molar-refractivity contribution in [3.8, 4) is 0 Å². The zero-order chi connectivity index (χ0) is 18.7. The number of benzene rings is 1. The summed E-state index contributed by atoms with van der Waals surface area (Å²) in [7, 11) is 0. The number of pyridine rings is 1. The van der Waals surface area contributed by atoms with Gasteiger partial charge in [-0.15, -0.1) is 0 Å². The van der Waals surface area contributed by atoms with Crippen molar-refractivity contribution in [1.82, 2.24) is 10.3 Å². The van der Waals surface area contributed by atoms with Gasteiger partial charge in [-0.1, -0.05) is 29.3 Å². The Morgan fingerprint density at radius 1 is 1.23 bits per heavy atom. The lowest BCUT2D eigenvalue weighted by atomic mass is 10.2. The molecule has 7 heteroatoms. The number of amides is 1. The summed E-state index contributed by atoms with van der Waals surface area (Å²) >= 11 is 12.0. The lowest BCUT2D eigenvalue weighted by molar-refractivity contribution is -0.00546. The average molecular weight is 394 g/mol. The maximum Gasteiger partial charge on any atom is 0.253 e. The van der Waals surface area contributed by atoms with Crippen LogP contribution >= 0.6 is 23.2 Å². The molecule has 1 amide bonds. The largest absolute Gasteiger partial charge is 0.372 e. The first-order valence-electron chi connectivity index (χ1n) is 8.51. The zero-order valence-corrected chi connectivity index (χ0v) is 16.2. The van der Waals surface area contributed by atoms with Crippen LogP contribution in [-0.4, -0.2) is 36.2 Å². The molecule has 5 nitrogen and oxygen atoms in total. The minimum Gasteiger partial charge on any atom is -0.372 e. The van der Waals surface area contributed by atoms with Crippen LogP contribution in [0.1, 0.15) is 29.8 Å². The maximum absolute atomic E-state index is 12.3. The van der Waals surface area contributed by atoms with Crippen LogP contribution in [0.4, 0.5) is 5.82 Å². The number of nitrogens with zero attached hydrogens (tertiary/aromatic N) is 2. The van der Waals surface area contributed by atoms with E-state index in [0.29, 0.717) is 22.2 Å². The van der Waals surface area contributed by atoms with Gasteiger partial charge in [-0.05, 0) is 43.7 Å². The van der Waals surface area contributed by atoms with Gasteiger partial charge in [0.05, 0.1) is 17.8 Å². The van der Waals surface area contributed by atoms with Gasteiger partial charge in [0.2, 0.25) is 0 Å². The van der Waals surface area contributed by atoms with Crippen LogP contribution in [0.15, 0.2) is 36.5 Å². The first-order valence-corrected chi connectivity index (χ1v) is 9.26. The van der Waals surface area contributed by atoms with Gasteiger partial charge in [-0.3, -0.25) is 4.79 Å². The van der Waals surface area contributed by atoms with Crippen LogP contribution in [0.2, 0.25) is 10.0 Å². The molecule has 138 valence electrons. The minimum absolute atomic E-state index is 0.160. The van der Waals surface area contributed by atoms with E-state index in [1.807, 2.05) is 19.9 Å². The van der Waals surface area contributed by atoms with E-state index in [1.54, 1.807) is 30.5 Å². The summed E-state index contributed by atoms with van der Waals surface area (Å²) < 4.78 is 5.74. The fourth-order valence-corrected chi connectivity index (χ4v) is 3.49. The van der Waals surface area contributed by atoms with Crippen molar-refractivity contribution in [3.63, 3.8) is 0 Å². The Morgan fingerprint density at radius 2 is 1.96 bits per heavy atom. The highest BCUT2D eigenvalue weighted by molar-refractivity contribution is 6.35. The number of anilines is 1. The lowest BCUT2D eigenvalue weighted by Gasteiger charge is -2.36. The topological polar surface area (TPSA) is 54.5 Å². The second-order valence-corrected chi connectivity index (χ2v) is 7.33. The first-order chi connectivity index (χ1) is 12.4. The maximum atomic E-state index is 12.3. The molecule has 1 aromatic carbocycles. The summed E-state index contributed by atoms with van der Waals surface area (Å²) in [6, 6.07) is 8.86. The highest BCUT2D eigenvalue weighted by Crippen LogP contribution is 2.21. The molecular formula is C19H21Cl2N3O2. The Hall–Kier alpha value is -1.82. The number of hydrogen-bond donors (Lipinski definition) is 1. The van der Waals surface area contributed by atoms with Gasteiger partial charge in [0.15, 0.2) is 0 Å². The molecule has 0 aliphatic carbocycles.